The van der Waals surface area contributed by atoms with E-state index in [1.165, 1.54) is 26.9 Å². The van der Waals surface area contributed by atoms with E-state index >= 15 is 0 Å². The van der Waals surface area contributed by atoms with Gasteiger partial charge in [0.2, 0.25) is 0 Å². The van der Waals surface area contributed by atoms with E-state index in [0.717, 1.165) is 22.9 Å². The molecule has 1 aromatic rings. The lowest BCUT2D eigenvalue weighted by molar-refractivity contribution is 0.306. The van der Waals surface area contributed by atoms with Crippen LogP contribution in [0.15, 0.2) is 10.6 Å². The van der Waals surface area contributed by atoms with Crippen molar-refractivity contribution in [3.63, 3.8) is 0 Å². The highest BCUT2D eigenvalue weighted by Gasteiger charge is 2.34. The lowest BCUT2D eigenvalue weighted by Crippen LogP contribution is -2.29. The molecule has 2 rings (SSSR count). The molecule has 0 bridgehead atoms. The first-order valence-electron chi connectivity index (χ1n) is 6.01. The third-order valence-electron chi connectivity index (χ3n) is 3.53. The minimum absolute atomic E-state index is 0.00515. The van der Waals surface area contributed by atoms with Gasteiger partial charge in [0.15, 0.2) is 5.82 Å². The van der Waals surface area contributed by atoms with Gasteiger partial charge in [-0.1, -0.05) is 24.9 Å². The SMILES string of the molecule is CN(C)S(=O)(=O)Nc1cc(C2(C)CCCC2)on1. The molecule has 6 nitrogen and oxygen atoms in total. The van der Waals surface area contributed by atoms with Crippen molar-refractivity contribution in [3.8, 4) is 0 Å². The highest BCUT2D eigenvalue weighted by atomic mass is 32.2. The fourth-order valence-electron chi connectivity index (χ4n) is 2.23. The number of hydrogen-bond donors (Lipinski definition) is 1. The van der Waals surface area contributed by atoms with Gasteiger partial charge in [0, 0.05) is 25.6 Å². The first-order chi connectivity index (χ1) is 8.33. The number of hydrogen-bond acceptors (Lipinski definition) is 4. The molecule has 0 amide bonds. The smallest absolute Gasteiger partial charge is 0.302 e. The van der Waals surface area contributed by atoms with Gasteiger partial charge < -0.3 is 4.52 Å². The summed E-state index contributed by atoms with van der Waals surface area (Å²) in [6, 6.07) is 1.69. The summed E-state index contributed by atoms with van der Waals surface area (Å²) in [5.74, 6) is 1.00. The molecule has 1 saturated carbocycles. The van der Waals surface area contributed by atoms with Crippen LogP contribution in [0.3, 0.4) is 0 Å². The quantitative estimate of drug-likeness (QED) is 0.906. The third-order valence-corrected chi connectivity index (χ3v) is 4.95. The second-order valence-corrected chi connectivity index (χ2v) is 7.12. The Balaban J connectivity index is 2.16. The van der Waals surface area contributed by atoms with Gasteiger partial charge in [0.1, 0.15) is 5.76 Å². The normalized spacial score (nSPS) is 19.3. The molecule has 1 aliphatic carbocycles. The lowest BCUT2D eigenvalue weighted by atomic mass is 9.86. The number of rotatable bonds is 4. The monoisotopic (exact) mass is 273 g/mol. The summed E-state index contributed by atoms with van der Waals surface area (Å²) in [6.07, 6.45) is 4.47. The first kappa shape index (κ1) is 13.4. The van der Waals surface area contributed by atoms with Crippen LogP contribution in [0.25, 0.3) is 0 Å². The number of nitrogens with zero attached hydrogens (tertiary/aromatic N) is 2. The Bertz CT molecular complexity index is 515. The molecule has 0 spiro atoms. The zero-order valence-corrected chi connectivity index (χ0v) is 11.7. The molecule has 1 aromatic heterocycles. The van der Waals surface area contributed by atoms with Crippen LogP contribution >= 0.6 is 0 Å². The van der Waals surface area contributed by atoms with Crippen LogP contribution < -0.4 is 4.72 Å². The predicted octanol–water partition coefficient (Wildman–Crippen LogP) is 1.72. The Kier molecular flexibility index (Phi) is 3.37. The maximum atomic E-state index is 11.6. The maximum Gasteiger partial charge on any atom is 0.302 e. The van der Waals surface area contributed by atoms with Crippen molar-refractivity contribution in [2.24, 2.45) is 0 Å². The summed E-state index contributed by atoms with van der Waals surface area (Å²) in [5, 5.41) is 3.78. The molecule has 7 heteroatoms. The lowest BCUT2D eigenvalue weighted by Gasteiger charge is -2.18. The van der Waals surface area contributed by atoms with Gasteiger partial charge in [-0.15, -0.1) is 0 Å². The Morgan fingerprint density at radius 3 is 2.56 bits per heavy atom. The van der Waals surface area contributed by atoms with Gasteiger partial charge in [-0.3, -0.25) is 4.72 Å². The van der Waals surface area contributed by atoms with Crippen LogP contribution in [0.4, 0.5) is 5.82 Å². The minimum Gasteiger partial charge on any atom is -0.359 e. The number of aromatic nitrogens is 1. The number of anilines is 1. The highest BCUT2D eigenvalue weighted by molar-refractivity contribution is 7.90. The molecule has 0 saturated heterocycles. The molecule has 18 heavy (non-hydrogen) atoms. The Labute approximate surface area is 108 Å². The van der Waals surface area contributed by atoms with Crippen molar-refractivity contribution in [2.45, 2.75) is 38.0 Å². The van der Waals surface area contributed by atoms with E-state index in [1.807, 2.05) is 0 Å². The van der Waals surface area contributed by atoms with Crippen molar-refractivity contribution in [2.75, 3.05) is 18.8 Å². The molecule has 0 aromatic carbocycles. The van der Waals surface area contributed by atoms with Crippen LogP contribution in [-0.4, -0.2) is 32.0 Å². The molecule has 102 valence electrons. The summed E-state index contributed by atoms with van der Waals surface area (Å²) in [7, 11) is -0.601. The van der Waals surface area contributed by atoms with Gasteiger partial charge in [-0.05, 0) is 12.8 Å². The molecule has 0 aliphatic heterocycles. The van der Waals surface area contributed by atoms with Crippen molar-refractivity contribution in [1.29, 1.82) is 0 Å². The van der Waals surface area contributed by atoms with Crippen LogP contribution in [0.1, 0.15) is 38.4 Å². The third kappa shape index (κ3) is 2.51. The van der Waals surface area contributed by atoms with E-state index < -0.39 is 10.2 Å². The molecule has 0 atom stereocenters. The summed E-state index contributed by atoms with van der Waals surface area (Å²) in [4.78, 5) is 0. The molecular weight excluding hydrogens is 254 g/mol. The number of nitrogens with one attached hydrogen (secondary N) is 1. The second-order valence-electron chi connectivity index (χ2n) is 5.23. The van der Waals surface area contributed by atoms with E-state index in [4.69, 9.17) is 4.52 Å². The maximum absolute atomic E-state index is 11.6. The topological polar surface area (TPSA) is 75.4 Å². The minimum atomic E-state index is -3.52. The van der Waals surface area contributed by atoms with Gasteiger partial charge >= 0.3 is 10.2 Å². The van der Waals surface area contributed by atoms with E-state index in [-0.39, 0.29) is 11.2 Å². The van der Waals surface area contributed by atoms with Crippen LogP contribution in [-0.2, 0) is 15.6 Å². The van der Waals surface area contributed by atoms with Crippen LogP contribution in [0.5, 0.6) is 0 Å². The van der Waals surface area contributed by atoms with Gasteiger partial charge in [0.05, 0.1) is 0 Å². The first-order valence-corrected chi connectivity index (χ1v) is 7.45. The van der Waals surface area contributed by atoms with Crippen molar-refractivity contribution in [3.05, 3.63) is 11.8 Å². The Morgan fingerprint density at radius 1 is 1.39 bits per heavy atom. The molecular formula is C11H19N3O3S. The molecule has 1 aliphatic rings. The summed E-state index contributed by atoms with van der Waals surface area (Å²) < 4.78 is 32.0. The largest absolute Gasteiger partial charge is 0.359 e. The molecule has 1 heterocycles. The fraction of sp³-hybridized carbons (Fsp3) is 0.727. The Hall–Kier alpha value is -1.08. The zero-order chi connectivity index (χ0) is 13.4. The average Bonchev–Trinajstić information content (AvgIpc) is 2.87. The highest BCUT2D eigenvalue weighted by Crippen LogP contribution is 2.41. The van der Waals surface area contributed by atoms with Gasteiger partial charge in [0.25, 0.3) is 0 Å². The molecule has 0 unspecified atom stereocenters. The van der Waals surface area contributed by atoms with Crippen LogP contribution in [0, 0.1) is 0 Å². The van der Waals surface area contributed by atoms with E-state index in [1.54, 1.807) is 6.07 Å². The van der Waals surface area contributed by atoms with Gasteiger partial charge in [-0.25, -0.2) is 0 Å². The zero-order valence-electron chi connectivity index (χ0n) is 10.9. The summed E-state index contributed by atoms with van der Waals surface area (Å²) in [6.45, 7) is 2.13. The standard InChI is InChI=1S/C11H19N3O3S/c1-11(6-4-5-7-11)9-8-10(12-17-9)13-18(15,16)14(2)3/h8H,4-7H2,1-3H3,(H,12,13). The molecule has 0 radical (unpaired) electrons. The van der Waals surface area contributed by atoms with E-state index in [9.17, 15) is 8.42 Å². The average molecular weight is 273 g/mol. The predicted molar refractivity (Wildman–Crippen MR) is 68.6 cm³/mol. The fourth-order valence-corrected chi connectivity index (χ4v) is 2.78. The van der Waals surface area contributed by atoms with Crippen molar-refractivity contribution >= 4 is 16.0 Å². The van der Waals surface area contributed by atoms with E-state index in [2.05, 4.69) is 16.8 Å². The van der Waals surface area contributed by atoms with Gasteiger partial charge in [-0.2, -0.15) is 12.7 Å². The van der Waals surface area contributed by atoms with Crippen LogP contribution in [0.2, 0.25) is 0 Å². The van der Waals surface area contributed by atoms with Crippen molar-refractivity contribution in [1.82, 2.24) is 9.46 Å². The summed E-state index contributed by atoms with van der Waals surface area (Å²) in [5.41, 5.74) is -0.00515. The molecule has 1 fully saturated rings. The summed E-state index contributed by atoms with van der Waals surface area (Å²) >= 11 is 0. The molecule has 1 N–H and O–H groups in total. The second kappa shape index (κ2) is 4.55. The van der Waals surface area contributed by atoms with Crippen molar-refractivity contribution < 1.29 is 12.9 Å². The van der Waals surface area contributed by atoms with E-state index in [0.29, 0.717) is 0 Å². The Morgan fingerprint density at radius 2 is 2.00 bits per heavy atom.